The fourth-order valence-corrected chi connectivity index (χ4v) is 3.14. The fraction of sp³-hybridized carbons (Fsp3) is 0.154. The molecule has 2 rings (SSSR count). The van der Waals surface area contributed by atoms with E-state index < -0.39 is 0 Å². The average molecular weight is 312 g/mol. The molecule has 0 atom stereocenters. The Labute approximate surface area is 123 Å². The predicted octanol–water partition coefficient (Wildman–Crippen LogP) is 2.74. The molecule has 0 aliphatic heterocycles. The Kier molecular flexibility index (Phi) is 5.00. The summed E-state index contributed by atoms with van der Waals surface area (Å²) < 4.78 is 0.593. The molecule has 2 aromatic rings. The first-order valence-electron chi connectivity index (χ1n) is 5.40. The van der Waals surface area contributed by atoms with Crippen molar-refractivity contribution in [2.45, 2.75) is 6.54 Å². The summed E-state index contributed by atoms with van der Waals surface area (Å²) in [5.41, 5.74) is 0.837. The summed E-state index contributed by atoms with van der Waals surface area (Å²) in [6.07, 6.45) is 0. The van der Waals surface area contributed by atoms with Gasteiger partial charge in [-0.25, -0.2) is 0 Å². The maximum Gasteiger partial charge on any atom is 0.261 e. The number of aliphatic hydroxyl groups excluding tert-OH is 1. The second-order valence-corrected chi connectivity index (χ2v) is 6.22. The highest BCUT2D eigenvalue weighted by molar-refractivity contribution is 7.18. The molecule has 0 fully saturated rings. The van der Waals surface area contributed by atoms with Crippen LogP contribution in [0.3, 0.4) is 0 Å². The minimum Gasteiger partial charge on any atom is -0.384 e. The third kappa shape index (κ3) is 3.82. The van der Waals surface area contributed by atoms with Crippen LogP contribution in [0.15, 0.2) is 23.6 Å². The van der Waals surface area contributed by atoms with Gasteiger partial charge in [-0.3, -0.25) is 4.79 Å². The first kappa shape index (κ1) is 14.1. The van der Waals surface area contributed by atoms with Gasteiger partial charge in [0.05, 0.1) is 15.8 Å². The van der Waals surface area contributed by atoms with E-state index in [4.69, 9.17) is 16.7 Å². The van der Waals surface area contributed by atoms with Crippen LogP contribution in [0.2, 0.25) is 4.34 Å². The highest BCUT2D eigenvalue weighted by Crippen LogP contribution is 2.21. The van der Waals surface area contributed by atoms with Gasteiger partial charge in [-0.05, 0) is 23.6 Å². The molecule has 3 nitrogen and oxygen atoms in total. The Morgan fingerprint density at radius 2 is 2.26 bits per heavy atom. The van der Waals surface area contributed by atoms with Crippen molar-refractivity contribution in [3.05, 3.63) is 43.2 Å². The van der Waals surface area contributed by atoms with Gasteiger partial charge in [-0.1, -0.05) is 23.4 Å². The van der Waals surface area contributed by atoms with Crippen molar-refractivity contribution in [1.29, 1.82) is 0 Å². The van der Waals surface area contributed by atoms with E-state index in [-0.39, 0.29) is 12.5 Å². The minimum atomic E-state index is -0.171. The number of nitrogens with one attached hydrogen (secondary N) is 1. The Bertz CT molecular complexity index is 636. The van der Waals surface area contributed by atoms with Gasteiger partial charge in [0.2, 0.25) is 0 Å². The highest BCUT2D eigenvalue weighted by Gasteiger charge is 2.09. The van der Waals surface area contributed by atoms with Crippen LogP contribution in [0.5, 0.6) is 0 Å². The van der Waals surface area contributed by atoms with Gasteiger partial charge in [0.15, 0.2) is 0 Å². The molecule has 0 bridgehead atoms. The van der Waals surface area contributed by atoms with Gasteiger partial charge in [-0.2, -0.15) is 0 Å². The molecule has 0 saturated carbocycles. The van der Waals surface area contributed by atoms with Crippen LogP contribution in [0.4, 0.5) is 0 Å². The molecule has 0 unspecified atom stereocenters. The lowest BCUT2D eigenvalue weighted by Crippen LogP contribution is -2.21. The van der Waals surface area contributed by atoms with Crippen molar-refractivity contribution in [1.82, 2.24) is 5.32 Å². The van der Waals surface area contributed by atoms with Crippen molar-refractivity contribution in [3.63, 3.8) is 0 Å². The van der Waals surface area contributed by atoms with Crippen LogP contribution >= 0.6 is 34.3 Å². The number of halogens is 1. The molecule has 0 aliphatic carbocycles. The number of carbonyl (C=O) groups excluding carboxylic acids is 1. The molecule has 0 radical (unpaired) electrons. The van der Waals surface area contributed by atoms with Crippen LogP contribution in [-0.2, 0) is 6.54 Å². The summed E-state index contributed by atoms with van der Waals surface area (Å²) in [5, 5.41) is 13.4. The van der Waals surface area contributed by atoms with E-state index in [1.165, 1.54) is 22.7 Å². The predicted molar refractivity (Wildman–Crippen MR) is 78.8 cm³/mol. The molecule has 0 spiro atoms. The molecule has 2 N–H and O–H groups in total. The van der Waals surface area contributed by atoms with Crippen molar-refractivity contribution in [2.75, 3.05) is 6.61 Å². The van der Waals surface area contributed by atoms with E-state index in [9.17, 15) is 4.79 Å². The minimum absolute atomic E-state index is 0.147. The summed E-state index contributed by atoms with van der Waals surface area (Å²) in [6, 6.07) is 5.27. The Morgan fingerprint density at radius 1 is 1.42 bits per heavy atom. The molecule has 98 valence electrons. The molecule has 19 heavy (non-hydrogen) atoms. The number of rotatable bonds is 3. The molecule has 0 saturated heterocycles. The lowest BCUT2D eigenvalue weighted by Gasteiger charge is -2.02. The van der Waals surface area contributed by atoms with Gasteiger partial charge in [-0.15, -0.1) is 22.7 Å². The molecule has 0 aromatic carbocycles. The third-order valence-corrected chi connectivity index (χ3v) is 4.40. The van der Waals surface area contributed by atoms with E-state index in [1.54, 1.807) is 12.1 Å². The maximum atomic E-state index is 11.8. The quantitative estimate of drug-likeness (QED) is 0.856. The summed E-state index contributed by atoms with van der Waals surface area (Å²) in [4.78, 5) is 13.4. The van der Waals surface area contributed by atoms with Crippen LogP contribution in [0.1, 0.15) is 20.1 Å². The van der Waals surface area contributed by atoms with Crippen molar-refractivity contribution < 1.29 is 9.90 Å². The first-order chi connectivity index (χ1) is 9.20. The second kappa shape index (κ2) is 6.73. The summed E-state index contributed by atoms with van der Waals surface area (Å²) in [5.74, 6) is 5.30. The zero-order valence-electron chi connectivity index (χ0n) is 9.77. The SMILES string of the molecule is O=C(NCc1sccc1C#CCO)c1ccc(Cl)s1. The number of hydrogen-bond acceptors (Lipinski definition) is 4. The Morgan fingerprint density at radius 3 is 2.95 bits per heavy atom. The maximum absolute atomic E-state index is 11.8. The zero-order valence-corrected chi connectivity index (χ0v) is 12.2. The van der Waals surface area contributed by atoms with Gasteiger partial charge in [0.25, 0.3) is 5.91 Å². The molecule has 1 amide bonds. The Hall–Kier alpha value is -1.32. The van der Waals surface area contributed by atoms with Crippen molar-refractivity contribution >= 4 is 40.2 Å². The average Bonchev–Trinajstić information content (AvgIpc) is 3.02. The fourth-order valence-electron chi connectivity index (χ4n) is 1.41. The molecular formula is C13H10ClNO2S2. The van der Waals surface area contributed by atoms with Gasteiger partial charge < -0.3 is 10.4 Å². The van der Waals surface area contributed by atoms with Crippen LogP contribution in [-0.4, -0.2) is 17.6 Å². The van der Waals surface area contributed by atoms with Gasteiger partial charge >= 0.3 is 0 Å². The van der Waals surface area contributed by atoms with E-state index in [1.807, 2.05) is 11.4 Å². The number of thiophene rings is 2. The monoisotopic (exact) mass is 311 g/mol. The number of carbonyl (C=O) groups is 1. The molecule has 0 aliphatic rings. The summed E-state index contributed by atoms with van der Waals surface area (Å²) >= 11 is 8.55. The molecule has 6 heteroatoms. The van der Waals surface area contributed by atoms with Gasteiger partial charge in [0.1, 0.15) is 6.61 Å². The second-order valence-electron chi connectivity index (χ2n) is 3.50. The first-order valence-corrected chi connectivity index (χ1v) is 7.47. The van der Waals surface area contributed by atoms with Crippen molar-refractivity contribution in [2.24, 2.45) is 0 Å². The number of hydrogen-bond donors (Lipinski definition) is 2. The summed E-state index contributed by atoms with van der Waals surface area (Å²) in [7, 11) is 0. The summed E-state index contributed by atoms with van der Waals surface area (Å²) in [6.45, 7) is 0.247. The van der Waals surface area contributed by atoms with E-state index in [0.717, 1.165) is 10.4 Å². The topological polar surface area (TPSA) is 49.3 Å². The standard InChI is InChI=1S/C13H10ClNO2S2/c14-12-4-3-10(19-12)13(17)15-8-11-9(2-1-6-16)5-7-18-11/h3-5,7,16H,6,8H2,(H,15,17). The Balaban J connectivity index is 1.99. The van der Waals surface area contributed by atoms with E-state index in [0.29, 0.717) is 15.8 Å². The zero-order chi connectivity index (χ0) is 13.7. The van der Waals surface area contributed by atoms with Crippen LogP contribution in [0, 0.1) is 11.8 Å². The van der Waals surface area contributed by atoms with Crippen molar-refractivity contribution in [3.8, 4) is 11.8 Å². The van der Waals surface area contributed by atoms with E-state index in [2.05, 4.69) is 17.2 Å². The smallest absolute Gasteiger partial charge is 0.261 e. The van der Waals surface area contributed by atoms with Crippen LogP contribution < -0.4 is 5.32 Å². The third-order valence-electron chi connectivity index (χ3n) is 2.25. The molecule has 2 heterocycles. The largest absolute Gasteiger partial charge is 0.384 e. The normalized spacial score (nSPS) is 9.79. The lowest BCUT2D eigenvalue weighted by atomic mass is 10.2. The molecular weight excluding hydrogens is 302 g/mol. The van der Waals surface area contributed by atoms with Crippen LogP contribution in [0.25, 0.3) is 0 Å². The van der Waals surface area contributed by atoms with E-state index >= 15 is 0 Å². The molecule has 2 aromatic heterocycles. The highest BCUT2D eigenvalue weighted by atomic mass is 35.5. The lowest BCUT2D eigenvalue weighted by molar-refractivity contribution is 0.0955. The number of aliphatic hydroxyl groups is 1. The van der Waals surface area contributed by atoms with Gasteiger partial charge in [0, 0.05) is 10.4 Å². The number of amides is 1.